The Morgan fingerprint density at radius 3 is 2.45 bits per heavy atom. The van der Waals surface area contributed by atoms with E-state index in [1.807, 2.05) is 0 Å². The number of amides is 1. The van der Waals surface area contributed by atoms with Gasteiger partial charge in [-0.3, -0.25) is 0 Å². The van der Waals surface area contributed by atoms with E-state index in [-0.39, 0.29) is 6.15 Å². The normalized spacial score (nSPS) is 8.45. The molecule has 0 aliphatic heterocycles. The van der Waals surface area contributed by atoms with Crippen molar-refractivity contribution in [1.82, 2.24) is 11.5 Å². The third-order valence-corrected chi connectivity index (χ3v) is 1.31. The molecule has 0 aromatic rings. The zero-order valence-electron chi connectivity index (χ0n) is 7.10. The van der Waals surface area contributed by atoms with Crippen molar-refractivity contribution in [2.75, 3.05) is 6.54 Å². The minimum Gasteiger partial charge on any atom is -0.465 e. The summed E-state index contributed by atoms with van der Waals surface area (Å²) in [5.74, 6) is 0. The van der Waals surface area contributed by atoms with Gasteiger partial charge in [0.15, 0.2) is 0 Å². The van der Waals surface area contributed by atoms with E-state index < -0.39 is 6.09 Å². The van der Waals surface area contributed by atoms with Gasteiger partial charge in [-0.1, -0.05) is 26.2 Å². The van der Waals surface area contributed by atoms with Gasteiger partial charge in [-0.2, -0.15) is 0 Å². The van der Waals surface area contributed by atoms with Crippen LogP contribution in [0.2, 0.25) is 0 Å². The number of carbonyl (C=O) groups is 1. The lowest BCUT2D eigenvalue weighted by Crippen LogP contribution is -2.21. The molecule has 0 fully saturated rings. The first-order chi connectivity index (χ1) is 4.77. The van der Waals surface area contributed by atoms with Gasteiger partial charge in [-0.15, -0.1) is 0 Å². The average Bonchev–Trinajstić information content (AvgIpc) is 1.87. The summed E-state index contributed by atoms with van der Waals surface area (Å²) in [4.78, 5) is 9.92. The van der Waals surface area contributed by atoms with Crippen LogP contribution in [0.15, 0.2) is 0 Å². The van der Waals surface area contributed by atoms with E-state index in [4.69, 9.17) is 5.11 Å². The lowest BCUT2D eigenvalue weighted by atomic mass is 10.2. The molecule has 4 heteroatoms. The van der Waals surface area contributed by atoms with Gasteiger partial charge in [0.05, 0.1) is 0 Å². The van der Waals surface area contributed by atoms with Gasteiger partial charge in [0.2, 0.25) is 0 Å². The van der Waals surface area contributed by atoms with Crippen LogP contribution in [0.4, 0.5) is 4.79 Å². The van der Waals surface area contributed by atoms with E-state index in [0.717, 1.165) is 12.8 Å². The molecule has 0 aromatic carbocycles. The molecule has 0 atom stereocenters. The van der Waals surface area contributed by atoms with Crippen LogP contribution >= 0.6 is 0 Å². The molecule has 0 heterocycles. The Kier molecular flexibility index (Phi) is 10.8. The number of hydrogen-bond acceptors (Lipinski definition) is 2. The summed E-state index contributed by atoms with van der Waals surface area (Å²) in [6.45, 7) is 2.72. The Labute approximate surface area is 67.6 Å². The maximum Gasteiger partial charge on any atom is 0.404 e. The molecule has 68 valence electrons. The number of unbranched alkanes of at least 4 members (excludes halogenated alkanes) is 3. The van der Waals surface area contributed by atoms with E-state index in [2.05, 4.69) is 12.2 Å². The molecular formula is C7H18N2O2. The highest BCUT2D eigenvalue weighted by Crippen LogP contribution is 1.96. The van der Waals surface area contributed by atoms with Crippen LogP contribution in [-0.2, 0) is 0 Å². The first kappa shape index (κ1) is 12.9. The third kappa shape index (κ3) is 12.4. The predicted molar refractivity (Wildman–Crippen MR) is 45.2 cm³/mol. The van der Waals surface area contributed by atoms with E-state index in [1.54, 1.807) is 0 Å². The fraction of sp³-hybridized carbons (Fsp3) is 0.857. The monoisotopic (exact) mass is 162 g/mol. The van der Waals surface area contributed by atoms with Gasteiger partial charge in [0, 0.05) is 6.54 Å². The van der Waals surface area contributed by atoms with Crippen LogP contribution < -0.4 is 11.5 Å². The van der Waals surface area contributed by atoms with Crippen molar-refractivity contribution >= 4 is 6.09 Å². The van der Waals surface area contributed by atoms with Crippen LogP contribution in [0.25, 0.3) is 0 Å². The Morgan fingerprint density at radius 1 is 1.36 bits per heavy atom. The molecule has 0 unspecified atom stereocenters. The first-order valence-electron chi connectivity index (χ1n) is 3.74. The van der Waals surface area contributed by atoms with Crippen molar-refractivity contribution in [1.29, 1.82) is 0 Å². The molecule has 0 rings (SSSR count). The van der Waals surface area contributed by atoms with Crippen LogP contribution in [0.1, 0.15) is 32.6 Å². The summed E-state index contributed by atoms with van der Waals surface area (Å²) in [7, 11) is 0. The third-order valence-electron chi connectivity index (χ3n) is 1.31. The minimum atomic E-state index is -0.920. The molecule has 0 saturated heterocycles. The second-order valence-electron chi connectivity index (χ2n) is 2.29. The van der Waals surface area contributed by atoms with Gasteiger partial charge in [0.1, 0.15) is 0 Å². The Balaban J connectivity index is 0. The molecule has 0 bridgehead atoms. The SMILES string of the molecule is CCCCCCNC(=O)O.N. The molecule has 5 N–H and O–H groups in total. The minimum absolute atomic E-state index is 0. The highest BCUT2D eigenvalue weighted by atomic mass is 16.4. The lowest BCUT2D eigenvalue weighted by molar-refractivity contribution is 0.194. The van der Waals surface area contributed by atoms with Crippen LogP contribution in [0.5, 0.6) is 0 Å². The van der Waals surface area contributed by atoms with Crippen LogP contribution in [-0.4, -0.2) is 17.7 Å². The molecule has 1 amide bonds. The highest BCUT2D eigenvalue weighted by molar-refractivity contribution is 5.64. The summed E-state index contributed by atoms with van der Waals surface area (Å²) in [6, 6.07) is 0. The van der Waals surface area contributed by atoms with E-state index in [1.165, 1.54) is 12.8 Å². The van der Waals surface area contributed by atoms with Gasteiger partial charge >= 0.3 is 6.09 Å². The summed E-state index contributed by atoms with van der Waals surface area (Å²) in [5.41, 5.74) is 0. The maximum atomic E-state index is 9.92. The summed E-state index contributed by atoms with van der Waals surface area (Å²) >= 11 is 0. The standard InChI is InChI=1S/C7H15NO2.H3N/c1-2-3-4-5-6-8-7(9)10;/h8H,2-6H2,1H3,(H,9,10);1H3. The van der Waals surface area contributed by atoms with Crippen LogP contribution in [0.3, 0.4) is 0 Å². The Hall–Kier alpha value is -0.770. The van der Waals surface area contributed by atoms with Gasteiger partial charge in [-0.25, -0.2) is 4.79 Å². The number of nitrogens with one attached hydrogen (secondary N) is 1. The second-order valence-corrected chi connectivity index (χ2v) is 2.29. The molecule has 0 aromatic heterocycles. The molecule has 0 spiro atoms. The van der Waals surface area contributed by atoms with Crippen molar-refractivity contribution in [3.8, 4) is 0 Å². The largest absolute Gasteiger partial charge is 0.465 e. The Morgan fingerprint density at radius 2 is 2.00 bits per heavy atom. The van der Waals surface area contributed by atoms with Crippen LogP contribution in [0, 0.1) is 0 Å². The molecule has 0 aliphatic carbocycles. The van der Waals surface area contributed by atoms with E-state index >= 15 is 0 Å². The fourth-order valence-electron chi connectivity index (χ4n) is 0.747. The highest BCUT2D eigenvalue weighted by Gasteiger charge is 1.91. The Bertz CT molecular complexity index is 96.4. The van der Waals surface area contributed by atoms with E-state index in [0.29, 0.717) is 6.54 Å². The van der Waals surface area contributed by atoms with Crippen molar-refractivity contribution in [3.63, 3.8) is 0 Å². The summed E-state index contributed by atoms with van der Waals surface area (Å²) in [6.07, 6.45) is 3.54. The summed E-state index contributed by atoms with van der Waals surface area (Å²) in [5, 5.41) is 10.5. The van der Waals surface area contributed by atoms with Crippen molar-refractivity contribution in [2.45, 2.75) is 32.6 Å². The molecular weight excluding hydrogens is 144 g/mol. The van der Waals surface area contributed by atoms with Gasteiger partial charge in [-0.05, 0) is 6.42 Å². The van der Waals surface area contributed by atoms with Crippen molar-refractivity contribution < 1.29 is 9.90 Å². The van der Waals surface area contributed by atoms with E-state index in [9.17, 15) is 4.79 Å². The molecule has 0 radical (unpaired) electrons. The molecule has 0 saturated carbocycles. The topological polar surface area (TPSA) is 84.3 Å². The van der Waals surface area contributed by atoms with Gasteiger partial charge < -0.3 is 16.6 Å². The molecule has 4 nitrogen and oxygen atoms in total. The lowest BCUT2D eigenvalue weighted by Gasteiger charge is -1.98. The zero-order valence-corrected chi connectivity index (χ0v) is 7.10. The average molecular weight is 162 g/mol. The number of carboxylic acid groups (broad SMARTS) is 1. The smallest absolute Gasteiger partial charge is 0.404 e. The number of hydrogen-bond donors (Lipinski definition) is 3. The van der Waals surface area contributed by atoms with Crippen molar-refractivity contribution in [2.24, 2.45) is 0 Å². The first-order valence-corrected chi connectivity index (χ1v) is 3.74. The quantitative estimate of drug-likeness (QED) is 0.540. The fourth-order valence-corrected chi connectivity index (χ4v) is 0.747. The second kappa shape index (κ2) is 9.23. The van der Waals surface area contributed by atoms with Crippen molar-refractivity contribution in [3.05, 3.63) is 0 Å². The maximum absolute atomic E-state index is 9.92. The zero-order chi connectivity index (χ0) is 7.82. The number of rotatable bonds is 5. The summed E-state index contributed by atoms with van der Waals surface area (Å²) < 4.78 is 0. The predicted octanol–water partition coefficient (Wildman–Crippen LogP) is 2.00. The molecule has 11 heavy (non-hydrogen) atoms. The van der Waals surface area contributed by atoms with Gasteiger partial charge in [0.25, 0.3) is 0 Å². The molecule has 0 aliphatic rings.